The fourth-order valence-electron chi connectivity index (χ4n) is 1.53. The molecule has 0 atom stereocenters. The summed E-state index contributed by atoms with van der Waals surface area (Å²) in [4.78, 5) is 11.4. The molecule has 102 valence electrons. The maximum Gasteiger partial charge on any atom is 0.131 e. The lowest BCUT2D eigenvalue weighted by molar-refractivity contribution is 0.548. The van der Waals surface area contributed by atoms with E-state index in [4.69, 9.17) is 5.73 Å². The van der Waals surface area contributed by atoms with Gasteiger partial charge in [-0.15, -0.1) is 0 Å². The van der Waals surface area contributed by atoms with Crippen LogP contribution in [-0.4, -0.2) is 27.0 Å². The zero-order chi connectivity index (χ0) is 13.7. The molecule has 0 amide bonds. The summed E-state index contributed by atoms with van der Waals surface area (Å²) in [5, 5.41) is 6.44. The first kappa shape index (κ1) is 13.4. The van der Waals surface area contributed by atoms with Crippen molar-refractivity contribution < 1.29 is 0 Å². The first-order chi connectivity index (χ1) is 9.03. The molecule has 5 N–H and O–H groups in total. The van der Waals surface area contributed by atoms with Crippen molar-refractivity contribution in [3.05, 3.63) is 36.4 Å². The summed E-state index contributed by atoms with van der Waals surface area (Å²) in [6.07, 6.45) is 5.38. The number of nitrogens with two attached hydrogens (primary N) is 1. The quantitative estimate of drug-likeness (QED) is 0.633. The van der Waals surface area contributed by atoms with Crippen LogP contribution < -0.4 is 16.4 Å². The Bertz CT molecular complexity index is 500. The van der Waals surface area contributed by atoms with Crippen LogP contribution in [0.3, 0.4) is 0 Å². The second-order valence-corrected chi connectivity index (χ2v) is 5.20. The minimum absolute atomic E-state index is 0.274. The molecule has 19 heavy (non-hydrogen) atoms. The van der Waals surface area contributed by atoms with Crippen molar-refractivity contribution in [1.29, 1.82) is 0 Å². The second-order valence-electron chi connectivity index (χ2n) is 5.20. The molecule has 0 aliphatic rings. The number of rotatable bonds is 6. The lowest BCUT2D eigenvalue weighted by atomic mass is 10.1. The van der Waals surface area contributed by atoms with E-state index in [1.165, 1.54) is 11.9 Å². The molecule has 0 aliphatic heterocycles. The molecule has 6 nitrogen and oxygen atoms in total. The molecule has 2 heterocycles. The Labute approximate surface area is 112 Å². The van der Waals surface area contributed by atoms with Gasteiger partial charge in [0.1, 0.15) is 18.0 Å². The highest BCUT2D eigenvalue weighted by Gasteiger charge is 2.10. The van der Waals surface area contributed by atoms with E-state index in [9.17, 15) is 0 Å². The van der Waals surface area contributed by atoms with Gasteiger partial charge in [0.25, 0.3) is 0 Å². The Balaban J connectivity index is 1.91. The number of hydrogen-bond donors (Lipinski definition) is 4. The molecule has 0 aliphatic carbocycles. The average molecular weight is 260 g/mol. The standard InChI is InChI=1S/C13H20N6/c1-13(2,14)8-17-12-5-11(18-9-19-12)16-7-10-3-4-15-6-10/h3-6,9,15H,7-8,14H2,1-2H3,(H2,16,17,18,19). The van der Waals surface area contributed by atoms with Gasteiger partial charge in [-0.3, -0.25) is 0 Å². The van der Waals surface area contributed by atoms with Gasteiger partial charge in [-0.1, -0.05) is 0 Å². The molecule has 0 unspecified atom stereocenters. The lowest BCUT2D eigenvalue weighted by Crippen LogP contribution is -2.39. The Kier molecular flexibility index (Phi) is 4.01. The van der Waals surface area contributed by atoms with Crippen molar-refractivity contribution in [2.75, 3.05) is 17.2 Å². The molecule has 6 heteroatoms. The van der Waals surface area contributed by atoms with Gasteiger partial charge in [0.15, 0.2) is 0 Å². The fourth-order valence-corrected chi connectivity index (χ4v) is 1.53. The lowest BCUT2D eigenvalue weighted by Gasteiger charge is -2.19. The number of hydrogen-bond acceptors (Lipinski definition) is 5. The SMILES string of the molecule is CC(C)(N)CNc1cc(NCc2cc[nH]c2)ncn1. The molecular formula is C13H20N6. The van der Waals surface area contributed by atoms with Gasteiger partial charge in [0, 0.05) is 37.1 Å². The van der Waals surface area contributed by atoms with Crippen LogP contribution in [0.25, 0.3) is 0 Å². The average Bonchev–Trinajstić information content (AvgIpc) is 2.87. The number of H-pyrrole nitrogens is 1. The van der Waals surface area contributed by atoms with Crippen molar-refractivity contribution in [2.24, 2.45) is 5.73 Å². The van der Waals surface area contributed by atoms with Gasteiger partial charge in [-0.2, -0.15) is 0 Å². The third-order valence-electron chi connectivity index (χ3n) is 2.53. The highest BCUT2D eigenvalue weighted by molar-refractivity contribution is 5.46. The van der Waals surface area contributed by atoms with E-state index in [1.807, 2.05) is 38.4 Å². The van der Waals surface area contributed by atoms with Crippen LogP contribution in [0.5, 0.6) is 0 Å². The molecular weight excluding hydrogens is 240 g/mol. The third kappa shape index (κ3) is 4.59. The molecule has 2 rings (SSSR count). The van der Waals surface area contributed by atoms with Gasteiger partial charge in [0.05, 0.1) is 0 Å². The minimum atomic E-state index is -0.274. The molecule has 0 fully saturated rings. The molecule has 0 spiro atoms. The molecule has 0 aromatic carbocycles. The summed E-state index contributed by atoms with van der Waals surface area (Å²) >= 11 is 0. The summed E-state index contributed by atoms with van der Waals surface area (Å²) in [7, 11) is 0. The van der Waals surface area contributed by atoms with E-state index in [0.29, 0.717) is 6.54 Å². The van der Waals surface area contributed by atoms with Crippen LogP contribution >= 0.6 is 0 Å². The second kappa shape index (κ2) is 5.71. The number of aromatic amines is 1. The number of aromatic nitrogens is 3. The highest BCUT2D eigenvalue weighted by Crippen LogP contribution is 2.11. The predicted molar refractivity (Wildman–Crippen MR) is 76.9 cm³/mol. The van der Waals surface area contributed by atoms with Crippen molar-refractivity contribution >= 4 is 11.6 Å². The van der Waals surface area contributed by atoms with Gasteiger partial charge < -0.3 is 21.4 Å². The van der Waals surface area contributed by atoms with E-state index in [1.54, 1.807) is 0 Å². The summed E-state index contributed by atoms with van der Waals surface area (Å²) < 4.78 is 0. The van der Waals surface area contributed by atoms with Crippen molar-refractivity contribution in [3.63, 3.8) is 0 Å². The zero-order valence-electron chi connectivity index (χ0n) is 11.3. The van der Waals surface area contributed by atoms with E-state index in [2.05, 4.69) is 25.6 Å². The number of nitrogens with zero attached hydrogens (tertiary/aromatic N) is 2. The Morgan fingerprint density at radius 3 is 2.63 bits per heavy atom. The Morgan fingerprint density at radius 2 is 2.00 bits per heavy atom. The van der Waals surface area contributed by atoms with E-state index in [0.717, 1.165) is 18.2 Å². The molecule has 2 aromatic heterocycles. The molecule has 2 aromatic rings. The summed E-state index contributed by atoms with van der Waals surface area (Å²) in [6, 6.07) is 3.89. The van der Waals surface area contributed by atoms with Gasteiger partial charge in [0.2, 0.25) is 0 Å². The first-order valence-electron chi connectivity index (χ1n) is 6.23. The number of nitrogens with one attached hydrogen (secondary N) is 3. The topological polar surface area (TPSA) is 91.7 Å². The maximum atomic E-state index is 5.92. The molecule has 0 saturated heterocycles. The van der Waals surface area contributed by atoms with Crippen LogP contribution in [0, 0.1) is 0 Å². The largest absolute Gasteiger partial charge is 0.368 e. The maximum absolute atomic E-state index is 5.92. The first-order valence-corrected chi connectivity index (χ1v) is 6.23. The van der Waals surface area contributed by atoms with Crippen LogP contribution in [-0.2, 0) is 6.54 Å². The summed E-state index contributed by atoms with van der Waals surface area (Å²) in [6.45, 7) is 5.31. The van der Waals surface area contributed by atoms with Gasteiger partial charge in [-0.05, 0) is 25.5 Å². The monoisotopic (exact) mass is 260 g/mol. The van der Waals surface area contributed by atoms with Crippen molar-refractivity contribution in [2.45, 2.75) is 25.9 Å². The van der Waals surface area contributed by atoms with Crippen LogP contribution in [0.15, 0.2) is 30.9 Å². The van der Waals surface area contributed by atoms with Crippen LogP contribution in [0.4, 0.5) is 11.6 Å². The third-order valence-corrected chi connectivity index (χ3v) is 2.53. The minimum Gasteiger partial charge on any atom is -0.368 e. The number of anilines is 2. The smallest absolute Gasteiger partial charge is 0.131 e. The molecule has 0 bridgehead atoms. The Morgan fingerprint density at radius 1 is 1.26 bits per heavy atom. The normalized spacial score (nSPS) is 11.3. The van der Waals surface area contributed by atoms with Crippen LogP contribution in [0.2, 0.25) is 0 Å². The molecule has 0 saturated carbocycles. The summed E-state index contributed by atoms with van der Waals surface area (Å²) in [5.41, 5.74) is 6.82. The predicted octanol–water partition coefficient (Wildman–Crippen LogP) is 1.57. The van der Waals surface area contributed by atoms with Gasteiger partial charge in [-0.25, -0.2) is 9.97 Å². The highest BCUT2D eigenvalue weighted by atomic mass is 15.1. The fraction of sp³-hybridized carbons (Fsp3) is 0.385. The Hall–Kier alpha value is -2.08. The molecule has 0 radical (unpaired) electrons. The van der Waals surface area contributed by atoms with Gasteiger partial charge >= 0.3 is 0 Å². The van der Waals surface area contributed by atoms with Crippen LogP contribution in [0.1, 0.15) is 19.4 Å². The van der Waals surface area contributed by atoms with E-state index < -0.39 is 0 Å². The van der Waals surface area contributed by atoms with Crippen molar-refractivity contribution in [1.82, 2.24) is 15.0 Å². The van der Waals surface area contributed by atoms with Crippen molar-refractivity contribution in [3.8, 4) is 0 Å². The van der Waals surface area contributed by atoms with E-state index in [-0.39, 0.29) is 5.54 Å². The zero-order valence-corrected chi connectivity index (χ0v) is 11.3. The summed E-state index contributed by atoms with van der Waals surface area (Å²) in [5.74, 6) is 1.55. The van der Waals surface area contributed by atoms with E-state index >= 15 is 0 Å².